The maximum Gasteiger partial charge on any atom is 0.314 e. The molecule has 5 nitrogen and oxygen atoms in total. The van der Waals surface area contributed by atoms with Crippen LogP contribution in [-0.4, -0.2) is 36.5 Å². The molecule has 0 saturated carbocycles. The van der Waals surface area contributed by atoms with Crippen molar-refractivity contribution in [2.24, 2.45) is 23.5 Å². The van der Waals surface area contributed by atoms with E-state index in [4.69, 9.17) is 5.73 Å². The number of amides is 3. The molecule has 0 bridgehead atoms. The van der Waals surface area contributed by atoms with E-state index >= 15 is 0 Å². The molecule has 0 radical (unpaired) electrons. The van der Waals surface area contributed by atoms with Crippen molar-refractivity contribution in [3.63, 3.8) is 0 Å². The zero-order valence-electron chi connectivity index (χ0n) is 14.7. The topological polar surface area (TPSA) is 75.4 Å². The second-order valence-electron chi connectivity index (χ2n) is 7.06. The van der Waals surface area contributed by atoms with Crippen molar-refractivity contribution >= 4 is 11.9 Å². The van der Waals surface area contributed by atoms with E-state index < -0.39 is 6.03 Å². The zero-order chi connectivity index (χ0) is 17.5. The summed E-state index contributed by atoms with van der Waals surface area (Å²) >= 11 is 0. The summed E-state index contributed by atoms with van der Waals surface area (Å²) in [5.74, 6) is 0.779. The molecule has 1 aromatic rings. The highest BCUT2D eigenvalue weighted by Gasteiger charge is 2.28. The van der Waals surface area contributed by atoms with E-state index in [9.17, 15) is 9.59 Å². The molecule has 24 heavy (non-hydrogen) atoms. The molecule has 5 heteroatoms. The standard InChI is InChI=1S/C19H29N3O2/c1-14(2)17(11-15-7-4-3-5-8-15)12-21-18(23)16-9-6-10-22(13-16)19(20)24/h3-5,7-8,14,16-17H,6,9-13H2,1-2H3,(H2,20,24)(H,21,23)/t16-,17-/m0/s1. The molecule has 2 rings (SSSR count). The highest BCUT2D eigenvalue weighted by atomic mass is 16.2. The number of nitrogens with one attached hydrogen (secondary N) is 1. The quantitative estimate of drug-likeness (QED) is 0.840. The van der Waals surface area contributed by atoms with Crippen molar-refractivity contribution in [2.75, 3.05) is 19.6 Å². The van der Waals surface area contributed by atoms with Crippen molar-refractivity contribution < 1.29 is 9.59 Å². The summed E-state index contributed by atoms with van der Waals surface area (Å²) in [6.45, 7) is 6.14. The molecule has 2 atom stereocenters. The molecule has 1 fully saturated rings. The molecule has 3 amide bonds. The van der Waals surface area contributed by atoms with Gasteiger partial charge in [0.05, 0.1) is 5.92 Å². The van der Waals surface area contributed by atoms with Crippen LogP contribution in [0.5, 0.6) is 0 Å². The van der Waals surface area contributed by atoms with Gasteiger partial charge in [-0.1, -0.05) is 44.2 Å². The van der Waals surface area contributed by atoms with Crippen molar-refractivity contribution in [3.05, 3.63) is 35.9 Å². The normalized spacial score (nSPS) is 19.1. The van der Waals surface area contributed by atoms with E-state index in [1.807, 2.05) is 18.2 Å². The first-order chi connectivity index (χ1) is 11.5. The third kappa shape index (κ3) is 5.25. The number of nitrogens with zero attached hydrogens (tertiary/aromatic N) is 1. The lowest BCUT2D eigenvalue weighted by Crippen LogP contribution is -2.48. The number of urea groups is 1. The van der Waals surface area contributed by atoms with E-state index in [1.54, 1.807) is 4.90 Å². The fraction of sp³-hybridized carbons (Fsp3) is 0.579. The van der Waals surface area contributed by atoms with Crippen LogP contribution in [-0.2, 0) is 11.2 Å². The SMILES string of the molecule is CC(C)[C@H](CNC(=O)[C@H]1CCCN(C(N)=O)C1)Cc1ccccc1. The van der Waals surface area contributed by atoms with Gasteiger partial charge < -0.3 is 16.0 Å². The van der Waals surface area contributed by atoms with Crippen LogP contribution in [0.3, 0.4) is 0 Å². The Hall–Kier alpha value is -2.04. The Bertz CT molecular complexity index is 545. The number of primary amides is 1. The Morgan fingerprint density at radius 1 is 1.29 bits per heavy atom. The summed E-state index contributed by atoms with van der Waals surface area (Å²) < 4.78 is 0. The first-order valence-electron chi connectivity index (χ1n) is 8.83. The second-order valence-corrected chi connectivity index (χ2v) is 7.06. The second kappa shape index (κ2) is 8.71. The van der Waals surface area contributed by atoms with Gasteiger partial charge in [0.2, 0.25) is 5.91 Å². The fourth-order valence-corrected chi connectivity index (χ4v) is 3.23. The van der Waals surface area contributed by atoms with Crippen molar-refractivity contribution in [2.45, 2.75) is 33.1 Å². The molecule has 132 valence electrons. The number of piperidine rings is 1. The van der Waals surface area contributed by atoms with E-state index in [0.29, 0.717) is 31.5 Å². The smallest absolute Gasteiger partial charge is 0.314 e. The highest BCUT2D eigenvalue weighted by Crippen LogP contribution is 2.19. The fourth-order valence-electron chi connectivity index (χ4n) is 3.23. The van der Waals surface area contributed by atoms with E-state index in [0.717, 1.165) is 19.3 Å². The molecule has 1 aliphatic heterocycles. The summed E-state index contributed by atoms with van der Waals surface area (Å²) in [7, 11) is 0. The lowest BCUT2D eigenvalue weighted by atomic mass is 9.88. The molecule has 0 unspecified atom stereocenters. The Balaban J connectivity index is 1.87. The first kappa shape index (κ1) is 18.3. The molecule has 1 aromatic carbocycles. The van der Waals surface area contributed by atoms with Gasteiger partial charge in [0.25, 0.3) is 0 Å². The Morgan fingerprint density at radius 3 is 2.62 bits per heavy atom. The number of hydrogen-bond acceptors (Lipinski definition) is 2. The third-order valence-electron chi connectivity index (χ3n) is 4.93. The maximum atomic E-state index is 12.5. The van der Waals surface area contributed by atoms with Crippen molar-refractivity contribution in [3.8, 4) is 0 Å². The van der Waals surface area contributed by atoms with Crippen LogP contribution in [0.1, 0.15) is 32.3 Å². The number of carbonyl (C=O) groups is 2. The van der Waals surface area contributed by atoms with Gasteiger partial charge >= 0.3 is 6.03 Å². The molecule has 0 aliphatic carbocycles. The number of carbonyl (C=O) groups excluding carboxylic acids is 2. The van der Waals surface area contributed by atoms with Gasteiger partial charge in [-0.25, -0.2) is 4.79 Å². The van der Waals surface area contributed by atoms with Crippen LogP contribution in [0.4, 0.5) is 4.79 Å². The Labute approximate surface area is 144 Å². The number of hydrogen-bond donors (Lipinski definition) is 2. The molecule has 0 spiro atoms. The number of likely N-dealkylation sites (tertiary alicyclic amines) is 1. The maximum absolute atomic E-state index is 12.5. The van der Waals surface area contributed by atoms with Crippen LogP contribution in [0.2, 0.25) is 0 Å². The van der Waals surface area contributed by atoms with Crippen molar-refractivity contribution in [1.82, 2.24) is 10.2 Å². The third-order valence-corrected chi connectivity index (χ3v) is 4.93. The molecule has 1 aliphatic rings. The van der Waals surface area contributed by atoms with E-state index in [-0.39, 0.29) is 11.8 Å². The van der Waals surface area contributed by atoms with Crippen LogP contribution in [0.15, 0.2) is 30.3 Å². The average Bonchev–Trinajstić information content (AvgIpc) is 2.59. The van der Waals surface area contributed by atoms with Crippen molar-refractivity contribution in [1.29, 1.82) is 0 Å². The number of nitrogens with two attached hydrogens (primary N) is 1. The van der Waals surface area contributed by atoms with Gasteiger partial charge in [-0.2, -0.15) is 0 Å². The summed E-state index contributed by atoms with van der Waals surface area (Å²) in [5, 5.41) is 3.10. The Morgan fingerprint density at radius 2 is 2.00 bits per heavy atom. The van der Waals surface area contributed by atoms with Gasteiger partial charge in [0, 0.05) is 19.6 Å². The summed E-state index contributed by atoms with van der Waals surface area (Å²) in [5.41, 5.74) is 6.63. The largest absolute Gasteiger partial charge is 0.356 e. The van der Waals surface area contributed by atoms with Gasteiger partial charge in [-0.3, -0.25) is 4.79 Å². The average molecular weight is 331 g/mol. The molecule has 1 heterocycles. The van der Waals surface area contributed by atoms with Crippen LogP contribution < -0.4 is 11.1 Å². The summed E-state index contributed by atoms with van der Waals surface area (Å²) in [6, 6.07) is 9.93. The van der Waals surface area contributed by atoms with Crippen LogP contribution in [0.25, 0.3) is 0 Å². The summed E-state index contributed by atoms with van der Waals surface area (Å²) in [4.78, 5) is 25.3. The van der Waals surface area contributed by atoms with Gasteiger partial charge in [-0.05, 0) is 36.7 Å². The Kier molecular flexibility index (Phi) is 6.64. The van der Waals surface area contributed by atoms with Gasteiger partial charge in [-0.15, -0.1) is 0 Å². The minimum atomic E-state index is -0.434. The number of benzene rings is 1. The molecular formula is C19H29N3O2. The predicted octanol–water partition coefficient (Wildman–Crippen LogP) is 2.41. The molecule has 3 N–H and O–H groups in total. The molecule has 0 aromatic heterocycles. The predicted molar refractivity (Wildman–Crippen MR) is 95.4 cm³/mol. The molecular weight excluding hydrogens is 302 g/mol. The number of rotatable bonds is 6. The van der Waals surface area contributed by atoms with E-state index in [1.165, 1.54) is 5.56 Å². The van der Waals surface area contributed by atoms with Gasteiger partial charge in [0.1, 0.15) is 0 Å². The van der Waals surface area contributed by atoms with Crippen LogP contribution >= 0.6 is 0 Å². The highest BCUT2D eigenvalue weighted by molar-refractivity contribution is 5.80. The minimum Gasteiger partial charge on any atom is -0.356 e. The van der Waals surface area contributed by atoms with E-state index in [2.05, 4.69) is 31.3 Å². The van der Waals surface area contributed by atoms with Crippen LogP contribution in [0, 0.1) is 17.8 Å². The summed E-state index contributed by atoms with van der Waals surface area (Å²) in [6.07, 6.45) is 2.61. The molecule has 1 saturated heterocycles. The first-order valence-corrected chi connectivity index (χ1v) is 8.83. The lowest BCUT2D eigenvalue weighted by molar-refractivity contribution is -0.126. The zero-order valence-corrected chi connectivity index (χ0v) is 14.7. The monoisotopic (exact) mass is 331 g/mol. The lowest BCUT2D eigenvalue weighted by Gasteiger charge is -2.31. The van der Waals surface area contributed by atoms with Gasteiger partial charge in [0.15, 0.2) is 0 Å². The minimum absolute atomic E-state index is 0.0414.